The van der Waals surface area contributed by atoms with Crippen molar-refractivity contribution in [3.05, 3.63) is 60.2 Å². The van der Waals surface area contributed by atoms with Gasteiger partial charge in [-0.2, -0.15) is 0 Å². The number of carbonyl (C=O) groups is 2. The SMILES string of the molecule is O=C(CSc1ccc(F)cc1)N[C@H]1CCC[C@@H](OC(=O)Nc2ccc(F)cc2)C1. The Balaban J connectivity index is 1.41. The number of benzene rings is 2. The molecular weight excluding hydrogens is 398 g/mol. The molecule has 0 radical (unpaired) electrons. The molecule has 2 aromatic rings. The number of rotatable bonds is 6. The second-order valence-electron chi connectivity index (χ2n) is 6.83. The molecule has 0 saturated heterocycles. The van der Waals surface area contributed by atoms with Gasteiger partial charge in [-0.15, -0.1) is 11.8 Å². The molecule has 2 N–H and O–H groups in total. The smallest absolute Gasteiger partial charge is 0.411 e. The fourth-order valence-electron chi connectivity index (χ4n) is 3.16. The van der Waals surface area contributed by atoms with Crippen LogP contribution in [-0.4, -0.2) is 29.9 Å². The topological polar surface area (TPSA) is 67.4 Å². The molecule has 2 aromatic carbocycles. The minimum Gasteiger partial charge on any atom is -0.446 e. The summed E-state index contributed by atoms with van der Waals surface area (Å²) in [5.74, 6) is -0.567. The van der Waals surface area contributed by atoms with E-state index in [9.17, 15) is 18.4 Å². The second kappa shape index (κ2) is 10.2. The van der Waals surface area contributed by atoms with Crippen LogP contribution in [0.25, 0.3) is 0 Å². The van der Waals surface area contributed by atoms with Crippen molar-refractivity contribution in [2.45, 2.75) is 42.7 Å². The van der Waals surface area contributed by atoms with Crippen LogP contribution in [0.1, 0.15) is 25.7 Å². The van der Waals surface area contributed by atoms with E-state index < -0.39 is 6.09 Å². The van der Waals surface area contributed by atoms with Gasteiger partial charge in [-0.05, 0) is 67.8 Å². The van der Waals surface area contributed by atoms with E-state index >= 15 is 0 Å². The monoisotopic (exact) mass is 420 g/mol. The zero-order chi connectivity index (χ0) is 20.6. The van der Waals surface area contributed by atoms with Gasteiger partial charge in [0.15, 0.2) is 0 Å². The standard InChI is InChI=1S/C21H22F2N2O3S/c22-14-4-8-16(9-5-14)25-21(27)28-18-3-1-2-17(12-18)24-20(26)13-29-19-10-6-15(23)7-11-19/h4-11,17-18H,1-3,12-13H2,(H,24,26)(H,25,27)/t17-,18+/m0/s1. The average Bonchev–Trinajstić information content (AvgIpc) is 2.69. The van der Waals surface area contributed by atoms with Crippen molar-refractivity contribution in [3.8, 4) is 0 Å². The Morgan fingerprint density at radius 2 is 1.66 bits per heavy atom. The number of anilines is 1. The maximum absolute atomic E-state index is 12.9. The van der Waals surface area contributed by atoms with Gasteiger partial charge >= 0.3 is 6.09 Å². The summed E-state index contributed by atoms with van der Waals surface area (Å²) in [6, 6.07) is 11.4. The van der Waals surface area contributed by atoms with E-state index in [0.29, 0.717) is 12.1 Å². The highest BCUT2D eigenvalue weighted by Crippen LogP contribution is 2.23. The van der Waals surface area contributed by atoms with Gasteiger partial charge in [0.2, 0.25) is 5.91 Å². The van der Waals surface area contributed by atoms with Gasteiger partial charge in [-0.1, -0.05) is 0 Å². The van der Waals surface area contributed by atoms with Gasteiger partial charge in [-0.25, -0.2) is 13.6 Å². The van der Waals surface area contributed by atoms with E-state index in [0.717, 1.165) is 24.2 Å². The lowest BCUT2D eigenvalue weighted by atomic mass is 9.93. The third-order valence-corrected chi connectivity index (χ3v) is 5.55. The summed E-state index contributed by atoms with van der Waals surface area (Å²) in [5.41, 5.74) is 0.454. The summed E-state index contributed by atoms with van der Waals surface area (Å²) in [6.07, 6.45) is 2.05. The lowest BCUT2D eigenvalue weighted by molar-refractivity contribution is -0.119. The molecule has 5 nitrogen and oxygen atoms in total. The summed E-state index contributed by atoms with van der Waals surface area (Å²) >= 11 is 1.34. The molecule has 0 aromatic heterocycles. The first-order chi connectivity index (χ1) is 14.0. The van der Waals surface area contributed by atoms with Crippen LogP contribution in [0.5, 0.6) is 0 Å². The van der Waals surface area contributed by atoms with Crippen molar-refractivity contribution in [1.29, 1.82) is 0 Å². The highest BCUT2D eigenvalue weighted by Gasteiger charge is 2.26. The van der Waals surface area contributed by atoms with Crippen LogP contribution in [0.15, 0.2) is 53.4 Å². The first-order valence-corrected chi connectivity index (χ1v) is 10.4. The maximum atomic E-state index is 12.9. The molecule has 2 amide bonds. The first-order valence-electron chi connectivity index (χ1n) is 9.39. The normalized spacial score (nSPS) is 18.7. The Hall–Kier alpha value is -2.61. The van der Waals surface area contributed by atoms with Crippen molar-refractivity contribution >= 4 is 29.4 Å². The van der Waals surface area contributed by atoms with E-state index in [2.05, 4.69) is 10.6 Å². The van der Waals surface area contributed by atoms with Crippen LogP contribution in [-0.2, 0) is 9.53 Å². The van der Waals surface area contributed by atoms with E-state index in [1.54, 1.807) is 12.1 Å². The fourth-order valence-corrected chi connectivity index (χ4v) is 3.87. The highest BCUT2D eigenvalue weighted by molar-refractivity contribution is 8.00. The van der Waals surface area contributed by atoms with Crippen LogP contribution < -0.4 is 10.6 Å². The lowest BCUT2D eigenvalue weighted by Gasteiger charge is -2.29. The molecule has 3 rings (SSSR count). The molecule has 0 unspecified atom stereocenters. The van der Waals surface area contributed by atoms with Crippen molar-refractivity contribution in [3.63, 3.8) is 0 Å². The second-order valence-corrected chi connectivity index (χ2v) is 7.88. The quantitative estimate of drug-likeness (QED) is 0.663. The van der Waals surface area contributed by atoms with Gasteiger partial charge in [0.05, 0.1) is 5.75 Å². The predicted molar refractivity (Wildman–Crippen MR) is 108 cm³/mol. The summed E-state index contributed by atoms with van der Waals surface area (Å²) in [4.78, 5) is 25.0. The molecular formula is C21H22F2N2O3S. The summed E-state index contributed by atoms with van der Waals surface area (Å²) in [7, 11) is 0. The number of amides is 2. The van der Waals surface area contributed by atoms with Crippen LogP contribution in [0.4, 0.5) is 19.3 Å². The van der Waals surface area contributed by atoms with Gasteiger partial charge in [-0.3, -0.25) is 10.1 Å². The minimum atomic E-state index is -0.597. The molecule has 8 heteroatoms. The largest absolute Gasteiger partial charge is 0.446 e. The number of hydrogen-bond acceptors (Lipinski definition) is 4. The third kappa shape index (κ3) is 7.05. The molecule has 0 heterocycles. The van der Waals surface area contributed by atoms with Crippen molar-refractivity contribution < 1.29 is 23.1 Å². The Morgan fingerprint density at radius 1 is 1.00 bits per heavy atom. The third-order valence-electron chi connectivity index (χ3n) is 4.54. The molecule has 0 bridgehead atoms. The molecule has 154 valence electrons. The fraction of sp³-hybridized carbons (Fsp3) is 0.333. The summed E-state index contributed by atoms with van der Waals surface area (Å²) in [6.45, 7) is 0. The van der Waals surface area contributed by atoms with Crippen LogP contribution in [0.2, 0.25) is 0 Å². The number of thioether (sulfide) groups is 1. The zero-order valence-corrected chi connectivity index (χ0v) is 16.5. The molecule has 1 fully saturated rings. The van der Waals surface area contributed by atoms with E-state index in [4.69, 9.17) is 4.74 Å². The zero-order valence-electron chi connectivity index (χ0n) is 15.7. The predicted octanol–water partition coefficient (Wildman–Crippen LogP) is 4.73. The van der Waals surface area contributed by atoms with Gasteiger partial charge in [0.1, 0.15) is 17.7 Å². The van der Waals surface area contributed by atoms with Crippen LogP contribution in [0.3, 0.4) is 0 Å². The number of hydrogen-bond donors (Lipinski definition) is 2. The summed E-state index contributed by atoms with van der Waals surface area (Å²) in [5, 5.41) is 5.54. The number of halogens is 2. The minimum absolute atomic E-state index is 0.0614. The highest BCUT2D eigenvalue weighted by atomic mass is 32.2. The molecule has 0 spiro atoms. The Morgan fingerprint density at radius 3 is 2.34 bits per heavy atom. The van der Waals surface area contributed by atoms with Gasteiger partial charge in [0, 0.05) is 23.0 Å². The molecule has 2 atom stereocenters. The van der Waals surface area contributed by atoms with Crippen LogP contribution >= 0.6 is 11.8 Å². The molecule has 1 aliphatic carbocycles. The van der Waals surface area contributed by atoms with E-state index in [1.807, 2.05) is 0 Å². The molecule has 1 aliphatic rings. The van der Waals surface area contributed by atoms with Crippen molar-refractivity contribution in [1.82, 2.24) is 5.32 Å². The van der Waals surface area contributed by atoms with Crippen molar-refractivity contribution in [2.75, 3.05) is 11.1 Å². The van der Waals surface area contributed by atoms with Gasteiger partial charge < -0.3 is 10.1 Å². The lowest BCUT2D eigenvalue weighted by Crippen LogP contribution is -2.42. The number of nitrogens with one attached hydrogen (secondary N) is 2. The summed E-state index contributed by atoms with van der Waals surface area (Å²) < 4.78 is 31.3. The number of carbonyl (C=O) groups excluding carboxylic acids is 2. The molecule has 29 heavy (non-hydrogen) atoms. The Bertz CT molecular complexity index is 831. The molecule has 1 saturated carbocycles. The number of ether oxygens (including phenoxy) is 1. The van der Waals surface area contributed by atoms with E-state index in [-0.39, 0.29) is 35.4 Å². The van der Waals surface area contributed by atoms with Crippen LogP contribution in [0, 0.1) is 11.6 Å². The first kappa shape index (κ1) is 21.1. The Kier molecular flexibility index (Phi) is 7.46. The Labute approximate surface area is 172 Å². The average molecular weight is 420 g/mol. The molecule has 0 aliphatic heterocycles. The maximum Gasteiger partial charge on any atom is 0.411 e. The van der Waals surface area contributed by atoms with Crippen molar-refractivity contribution in [2.24, 2.45) is 0 Å². The van der Waals surface area contributed by atoms with Gasteiger partial charge in [0.25, 0.3) is 0 Å². The van der Waals surface area contributed by atoms with E-state index in [1.165, 1.54) is 48.2 Å².